The van der Waals surface area contributed by atoms with Gasteiger partial charge in [-0.25, -0.2) is 4.39 Å². The number of halogens is 1. The third-order valence-electron chi connectivity index (χ3n) is 1.46. The van der Waals surface area contributed by atoms with Crippen molar-refractivity contribution >= 4 is 0 Å². The van der Waals surface area contributed by atoms with E-state index < -0.39 is 6.17 Å². The van der Waals surface area contributed by atoms with Gasteiger partial charge in [0.2, 0.25) is 0 Å². The summed E-state index contributed by atoms with van der Waals surface area (Å²) >= 11 is 0. The molecule has 1 rings (SSSR count). The van der Waals surface area contributed by atoms with Crippen LogP contribution in [0.25, 0.3) is 0 Å². The first-order valence-corrected chi connectivity index (χ1v) is 2.91. The second kappa shape index (κ2) is 2.42. The monoisotopic (exact) mass is 118 g/mol. The van der Waals surface area contributed by atoms with Crippen molar-refractivity contribution in [3.63, 3.8) is 0 Å². The zero-order valence-corrected chi connectivity index (χ0v) is 4.73. The number of alkyl halides is 1. The summed E-state index contributed by atoms with van der Waals surface area (Å²) in [4.78, 5) is 0. The minimum atomic E-state index is -0.830. The summed E-state index contributed by atoms with van der Waals surface area (Å²) < 4.78 is 12.4. The van der Waals surface area contributed by atoms with Gasteiger partial charge in [-0.15, -0.1) is 0 Å². The highest BCUT2D eigenvalue weighted by molar-refractivity contribution is 4.79. The van der Waals surface area contributed by atoms with Crippen LogP contribution in [0, 0.1) is 0 Å². The molecule has 1 aliphatic rings. The molecule has 2 nitrogen and oxygen atoms in total. The normalized spacial score (nSPS) is 39.8. The summed E-state index contributed by atoms with van der Waals surface area (Å²) in [7, 11) is 0. The molecule has 0 saturated carbocycles. The van der Waals surface area contributed by atoms with E-state index in [2.05, 4.69) is 5.32 Å². The number of rotatable bonds is 0. The smallest absolute Gasteiger partial charge is 0.128 e. The maximum absolute atomic E-state index is 12.4. The molecule has 1 aliphatic heterocycles. The predicted octanol–water partition coefficient (Wildman–Crippen LogP) is -0.355. The quantitative estimate of drug-likeness (QED) is 0.456. The van der Waals surface area contributed by atoms with Gasteiger partial charge in [-0.1, -0.05) is 0 Å². The minimum Gasteiger partial charge on any atom is -0.325 e. The Kier molecular flexibility index (Phi) is 1.81. The molecule has 3 heteroatoms. The molecule has 0 amide bonds. The van der Waals surface area contributed by atoms with Gasteiger partial charge in [0.25, 0.3) is 0 Å². The topological polar surface area (TPSA) is 38.0 Å². The van der Waals surface area contributed by atoms with Crippen LogP contribution in [0.4, 0.5) is 4.39 Å². The Morgan fingerprint density at radius 2 is 2.38 bits per heavy atom. The van der Waals surface area contributed by atoms with Gasteiger partial charge in [-0.2, -0.15) is 0 Å². The Bertz CT molecular complexity index is 66.8. The lowest BCUT2D eigenvalue weighted by Crippen LogP contribution is -2.46. The highest BCUT2D eigenvalue weighted by Crippen LogP contribution is 2.03. The highest BCUT2D eigenvalue weighted by Gasteiger charge is 2.19. The molecule has 0 aliphatic carbocycles. The molecule has 0 bridgehead atoms. The zero-order chi connectivity index (χ0) is 5.98. The lowest BCUT2D eigenvalue weighted by molar-refractivity contribution is 0.233. The van der Waals surface area contributed by atoms with E-state index in [0.29, 0.717) is 6.54 Å². The third-order valence-corrected chi connectivity index (χ3v) is 1.46. The Morgan fingerprint density at radius 3 is 2.75 bits per heavy atom. The lowest BCUT2D eigenvalue weighted by Gasteiger charge is -2.22. The average Bonchev–Trinajstić information content (AvgIpc) is 1.77. The first-order chi connectivity index (χ1) is 3.80. The molecule has 1 saturated heterocycles. The van der Waals surface area contributed by atoms with Crippen molar-refractivity contribution in [2.75, 3.05) is 13.1 Å². The maximum Gasteiger partial charge on any atom is 0.128 e. The Hall–Kier alpha value is -0.150. The van der Waals surface area contributed by atoms with Crippen LogP contribution < -0.4 is 11.1 Å². The molecule has 1 fully saturated rings. The van der Waals surface area contributed by atoms with E-state index in [0.717, 1.165) is 13.0 Å². The molecule has 0 aromatic rings. The van der Waals surface area contributed by atoms with Crippen molar-refractivity contribution in [1.82, 2.24) is 5.32 Å². The number of nitrogens with two attached hydrogens (primary N) is 1. The van der Waals surface area contributed by atoms with Gasteiger partial charge < -0.3 is 11.1 Å². The van der Waals surface area contributed by atoms with Gasteiger partial charge in [0, 0.05) is 12.6 Å². The summed E-state index contributed by atoms with van der Waals surface area (Å²) in [6.07, 6.45) is -0.0648. The lowest BCUT2D eigenvalue weighted by atomic mass is 10.1. The van der Waals surface area contributed by atoms with Gasteiger partial charge in [0.15, 0.2) is 0 Å². The predicted molar refractivity (Wildman–Crippen MR) is 30.4 cm³/mol. The summed E-state index contributed by atoms with van der Waals surface area (Å²) in [5.41, 5.74) is 5.36. The second-order valence-corrected chi connectivity index (χ2v) is 2.17. The third kappa shape index (κ3) is 1.17. The fourth-order valence-corrected chi connectivity index (χ4v) is 0.841. The van der Waals surface area contributed by atoms with Crippen molar-refractivity contribution < 1.29 is 4.39 Å². The molecule has 1 heterocycles. The first kappa shape index (κ1) is 5.98. The molecule has 48 valence electrons. The van der Waals surface area contributed by atoms with Crippen LogP contribution in [0.1, 0.15) is 6.42 Å². The molecule has 0 unspecified atom stereocenters. The van der Waals surface area contributed by atoms with Crippen molar-refractivity contribution in [2.45, 2.75) is 18.6 Å². The zero-order valence-electron chi connectivity index (χ0n) is 4.73. The molecule has 0 spiro atoms. The van der Waals surface area contributed by atoms with Crippen LogP contribution in [-0.2, 0) is 0 Å². The van der Waals surface area contributed by atoms with Crippen molar-refractivity contribution in [2.24, 2.45) is 5.73 Å². The number of hydrogen-bond donors (Lipinski definition) is 2. The molecule has 0 aromatic carbocycles. The van der Waals surface area contributed by atoms with E-state index in [-0.39, 0.29) is 6.04 Å². The van der Waals surface area contributed by atoms with Crippen LogP contribution in [0.2, 0.25) is 0 Å². The standard InChI is InChI=1S/C5H11FN2/c6-4-3-8-2-1-5(4)7/h4-5,8H,1-3,7H2/t4-,5+/m1/s1. The van der Waals surface area contributed by atoms with Crippen LogP contribution in [-0.4, -0.2) is 25.3 Å². The number of piperidine rings is 1. The summed E-state index contributed by atoms with van der Waals surface area (Å²) in [5, 5.41) is 2.91. The Balaban J connectivity index is 2.28. The van der Waals surface area contributed by atoms with Crippen LogP contribution in [0.15, 0.2) is 0 Å². The number of hydrogen-bond acceptors (Lipinski definition) is 2. The van der Waals surface area contributed by atoms with E-state index in [9.17, 15) is 4.39 Å². The van der Waals surface area contributed by atoms with Gasteiger partial charge in [0.05, 0.1) is 0 Å². The number of nitrogens with one attached hydrogen (secondary N) is 1. The second-order valence-electron chi connectivity index (χ2n) is 2.17. The Labute approximate surface area is 48.2 Å². The minimum absolute atomic E-state index is 0.226. The van der Waals surface area contributed by atoms with E-state index in [1.54, 1.807) is 0 Å². The maximum atomic E-state index is 12.4. The Morgan fingerprint density at radius 1 is 1.62 bits per heavy atom. The fraction of sp³-hybridized carbons (Fsp3) is 1.00. The van der Waals surface area contributed by atoms with Crippen molar-refractivity contribution in [3.05, 3.63) is 0 Å². The van der Waals surface area contributed by atoms with Crippen molar-refractivity contribution in [1.29, 1.82) is 0 Å². The SMILES string of the molecule is N[C@H]1CCNC[C@H]1F. The van der Waals surface area contributed by atoms with Gasteiger partial charge >= 0.3 is 0 Å². The van der Waals surface area contributed by atoms with Crippen LogP contribution >= 0.6 is 0 Å². The summed E-state index contributed by atoms with van der Waals surface area (Å²) in [5.74, 6) is 0. The van der Waals surface area contributed by atoms with E-state index in [4.69, 9.17) is 5.73 Å². The van der Waals surface area contributed by atoms with E-state index >= 15 is 0 Å². The highest BCUT2D eigenvalue weighted by atomic mass is 19.1. The molecule has 3 N–H and O–H groups in total. The van der Waals surface area contributed by atoms with Crippen LogP contribution in [0.3, 0.4) is 0 Å². The van der Waals surface area contributed by atoms with E-state index in [1.165, 1.54) is 0 Å². The largest absolute Gasteiger partial charge is 0.325 e. The van der Waals surface area contributed by atoms with Gasteiger partial charge in [-0.05, 0) is 13.0 Å². The fourth-order valence-electron chi connectivity index (χ4n) is 0.841. The molecule has 2 atom stereocenters. The summed E-state index contributed by atoms with van der Waals surface area (Å²) in [6.45, 7) is 1.29. The van der Waals surface area contributed by atoms with E-state index in [1.807, 2.05) is 0 Å². The molecular weight excluding hydrogens is 107 g/mol. The summed E-state index contributed by atoms with van der Waals surface area (Å²) in [6, 6.07) is -0.226. The molecule has 0 radical (unpaired) electrons. The molecule has 0 aromatic heterocycles. The van der Waals surface area contributed by atoms with Gasteiger partial charge in [-0.3, -0.25) is 0 Å². The van der Waals surface area contributed by atoms with Crippen LogP contribution in [0.5, 0.6) is 0 Å². The average molecular weight is 118 g/mol. The molecular formula is C5H11FN2. The van der Waals surface area contributed by atoms with Crippen molar-refractivity contribution in [3.8, 4) is 0 Å². The molecule has 8 heavy (non-hydrogen) atoms. The van der Waals surface area contributed by atoms with Gasteiger partial charge in [0.1, 0.15) is 6.17 Å². The first-order valence-electron chi connectivity index (χ1n) is 2.91.